The molecule has 8 nitrogen and oxygen atoms in total. The number of fused-ring (bicyclic) bond motifs is 1. The van der Waals surface area contributed by atoms with E-state index in [9.17, 15) is 44.7 Å². The lowest BCUT2D eigenvalue weighted by Crippen LogP contribution is -2.48. The van der Waals surface area contributed by atoms with Gasteiger partial charge in [0.05, 0.1) is 21.7 Å². The predicted molar refractivity (Wildman–Crippen MR) is 165 cm³/mol. The molecule has 0 bridgehead atoms. The van der Waals surface area contributed by atoms with Gasteiger partial charge >= 0.3 is 12.4 Å². The van der Waals surface area contributed by atoms with Crippen LogP contribution in [0.1, 0.15) is 72.9 Å². The lowest BCUT2D eigenvalue weighted by molar-refractivity contribution is -0.220. The Morgan fingerprint density at radius 2 is 1.69 bits per heavy atom. The molecule has 1 aliphatic heterocycles. The third-order valence-electron chi connectivity index (χ3n) is 9.07. The fourth-order valence-electron chi connectivity index (χ4n) is 6.37. The molecule has 2 heterocycles. The highest BCUT2D eigenvalue weighted by Crippen LogP contribution is 2.50. The molecule has 2 fully saturated rings. The number of amidine groups is 1. The van der Waals surface area contributed by atoms with E-state index < -0.39 is 60.5 Å². The number of aliphatic imine (C=N–C) groups is 1. The first-order valence-corrected chi connectivity index (χ1v) is 16.2. The number of nitrogens with one attached hydrogen (secondary N) is 3. The Labute approximate surface area is 285 Å². The summed E-state index contributed by atoms with van der Waals surface area (Å²) in [6.45, 7) is -1.41. The van der Waals surface area contributed by atoms with E-state index in [1.807, 2.05) is 0 Å². The van der Waals surface area contributed by atoms with Crippen LogP contribution in [0, 0.1) is 11.3 Å². The van der Waals surface area contributed by atoms with Gasteiger partial charge in [0.25, 0.3) is 12.3 Å². The van der Waals surface area contributed by atoms with Crippen molar-refractivity contribution in [2.45, 2.75) is 89.2 Å². The molecule has 49 heavy (non-hydrogen) atoms. The van der Waals surface area contributed by atoms with Crippen molar-refractivity contribution in [1.82, 2.24) is 15.6 Å². The molecular formula is C31H31Cl2F8N5O3. The molecule has 0 radical (unpaired) electrons. The number of pyridine rings is 1. The van der Waals surface area contributed by atoms with Gasteiger partial charge in [0.2, 0.25) is 11.8 Å². The third-order valence-corrected chi connectivity index (χ3v) is 9.82. The molecule has 2 aromatic rings. The Morgan fingerprint density at radius 1 is 1.02 bits per heavy atom. The topological polar surface area (TPSA) is 105 Å². The van der Waals surface area contributed by atoms with Crippen molar-refractivity contribution in [2.24, 2.45) is 16.3 Å². The van der Waals surface area contributed by atoms with Crippen LogP contribution in [0.4, 0.5) is 46.6 Å². The average Bonchev–Trinajstić information content (AvgIpc) is 3.69. The van der Waals surface area contributed by atoms with Gasteiger partial charge in [-0.05, 0) is 56.2 Å². The first kappa shape index (κ1) is 36.9. The summed E-state index contributed by atoms with van der Waals surface area (Å²) in [6.07, 6.45) is -12.2. The maximum absolute atomic E-state index is 13.8. The Hall–Kier alpha value is -3.40. The van der Waals surface area contributed by atoms with Gasteiger partial charge in [-0.15, -0.1) is 0 Å². The van der Waals surface area contributed by atoms with Crippen LogP contribution in [0.2, 0.25) is 10.0 Å². The van der Waals surface area contributed by atoms with E-state index in [1.165, 1.54) is 18.2 Å². The minimum absolute atomic E-state index is 0.00633. The number of benzene rings is 1. The van der Waals surface area contributed by atoms with Crippen molar-refractivity contribution in [3.8, 4) is 5.88 Å². The van der Waals surface area contributed by atoms with Crippen LogP contribution < -0.4 is 20.7 Å². The number of carbonyl (C=O) groups is 2. The zero-order valence-electron chi connectivity index (χ0n) is 25.6. The summed E-state index contributed by atoms with van der Waals surface area (Å²) >= 11 is 12.9. The van der Waals surface area contributed by atoms with Crippen molar-refractivity contribution in [2.75, 3.05) is 11.9 Å². The van der Waals surface area contributed by atoms with Gasteiger partial charge in [-0.2, -0.15) is 31.3 Å². The van der Waals surface area contributed by atoms with Gasteiger partial charge in [0.15, 0.2) is 12.4 Å². The normalized spacial score (nSPS) is 20.5. The van der Waals surface area contributed by atoms with Crippen molar-refractivity contribution >= 4 is 52.4 Å². The van der Waals surface area contributed by atoms with Crippen molar-refractivity contribution in [1.29, 1.82) is 0 Å². The molecule has 0 spiro atoms. The lowest BCUT2D eigenvalue weighted by atomic mass is 9.84. The molecule has 5 rings (SSSR count). The molecule has 2 aliphatic carbocycles. The van der Waals surface area contributed by atoms with E-state index in [4.69, 9.17) is 27.9 Å². The molecule has 1 aromatic carbocycles. The number of amides is 2. The minimum atomic E-state index is -4.71. The zero-order valence-corrected chi connectivity index (χ0v) is 27.2. The zero-order chi connectivity index (χ0) is 35.7. The molecule has 18 heteroatoms. The molecule has 0 saturated heterocycles. The maximum atomic E-state index is 13.8. The number of aromatic nitrogens is 1. The standard InChI is InChI=1S/C31H31Cl2F8N5O3/c32-20-8-3-15(13-42-28(48)29(31(39,40)41)9-1-2-10-29)23(33)24(20)44-22-12-16-11-19(27(46-25(16)45-22)49-14-21(34)35)26(47)43-18-6-4-17(5-7-18)30(36,37)38/h3,8,11,17-18,21H,1-2,4-7,9-10,12-14H2,(H,42,48)(H,43,47)(H,44,45,46). The SMILES string of the molecule is O=C(NC1CCC(C(F)(F)F)CC1)c1cc2c(nc1OCC(F)F)N=C(Nc1c(Cl)ccc(CNC(=O)C3(C(F)(F)F)CCCC3)c1Cl)C2. The fourth-order valence-corrected chi connectivity index (χ4v) is 6.90. The second kappa shape index (κ2) is 14.4. The number of anilines is 1. The maximum Gasteiger partial charge on any atom is 0.403 e. The largest absolute Gasteiger partial charge is 0.471 e. The highest BCUT2D eigenvalue weighted by atomic mass is 35.5. The van der Waals surface area contributed by atoms with Crippen LogP contribution in [0.15, 0.2) is 23.2 Å². The van der Waals surface area contributed by atoms with E-state index in [0.29, 0.717) is 5.56 Å². The molecule has 1 aromatic heterocycles. The van der Waals surface area contributed by atoms with Gasteiger partial charge in [-0.1, -0.05) is 42.1 Å². The number of hydrogen-bond donors (Lipinski definition) is 3. The Morgan fingerprint density at radius 3 is 2.31 bits per heavy atom. The van der Waals surface area contributed by atoms with Crippen LogP contribution in [0.3, 0.4) is 0 Å². The molecule has 2 amide bonds. The number of nitrogens with zero attached hydrogens (tertiary/aromatic N) is 2. The number of rotatable bonds is 9. The predicted octanol–water partition coefficient (Wildman–Crippen LogP) is 8.32. The molecular weight excluding hydrogens is 713 g/mol. The van der Waals surface area contributed by atoms with E-state index in [1.54, 1.807) is 0 Å². The van der Waals surface area contributed by atoms with Gasteiger partial charge in [-0.3, -0.25) is 9.59 Å². The monoisotopic (exact) mass is 743 g/mol. The molecule has 2 saturated carbocycles. The van der Waals surface area contributed by atoms with Gasteiger partial charge in [0.1, 0.15) is 16.8 Å². The third kappa shape index (κ3) is 8.16. The number of alkyl halides is 8. The summed E-state index contributed by atoms with van der Waals surface area (Å²) in [7, 11) is 0. The van der Waals surface area contributed by atoms with Gasteiger partial charge < -0.3 is 20.7 Å². The fraction of sp³-hybridized carbons (Fsp3) is 0.548. The van der Waals surface area contributed by atoms with Crippen LogP contribution in [0.5, 0.6) is 5.88 Å². The van der Waals surface area contributed by atoms with E-state index in [0.717, 1.165) is 0 Å². The second-order valence-electron chi connectivity index (χ2n) is 12.3. The van der Waals surface area contributed by atoms with E-state index in [2.05, 4.69) is 25.9 Å². The van der Waals surface area contributed by atoms with Crippen LogP contribution in [0.25, 0.3) is 0 Å². The summed E-state index contributed by atoms with van der Waals surface area (Å²) in [4.78, 5) is 34.4. The van der Waals surface area contributed by atoms with Crippen LogP contribution in [-0.2, 0) is 17.8 Å². The number of ether oxygens (including phenoxy) is 1. The smallest absolute Gasteiger partial charge is 0.403 e. The van der Waals surface area contributed by atoms with Crippen molar-refractivity contribution in [3.05, 3.63) is 44.9 Å². The highest BCUT2D eigenvalue weighted by Gasteiger charge is 2.60. The first-order valence-electron chi connectivity index (χ1n) is 15.5. The first-order chi connectivity index (χ1) is 23.0. The summed E-state index contributed by atoms with van der Waals surface area (Å²) in [5.41, 5.74) is -1.92. The molecule has 268 valence electrons. The summed E-state index contributed by atoms with van der Waals surface area (Å²) in [5, 5.41) is 8.05. The van der Waals surface area contributed by atoms with E-state index in [-0.39, 0.29) is 103 Å². The molecule has 3 N–H and O–H groups in total. The summed E-state index contributed by atoms with van der Waals surface area (Å²) in [6, 6.07) is 3.64. The summed E-state index contributed by atoms with van der Waals surface area (Å²) < 4.78 is 112. The van der Waals surface area contributed by atoms with Crippen molar-refractivity contribution < 1.29 is 49.4 Å². The Balaban J connectivity index is 1.30. The number of carbonyl (C=O) groups excluding carboxylic acids is 2. The number of halogens is 10. The summed E-state index contributed by atoms with van der Waals surface area (Å²) in [5.74, 6) is -3.58. The molecule has 0 unspecified atom stereocenters. The highest BCUT2D eigenvalue weighted by molar-refractivity contribution is 6.40. The Kier molecular flexibility index (Phi) is 10.9. The number of hydrogen-bond acceptors (Lipinski definition) is 6. The Bertz CT molecular complexity index is 1600. The van der Waals surface area contributed by atoms with E-state index >= 15 is 0 Å². The quantitative estimate of drug-likeness (QED) is 0.224. The molecule has 3 aliphatic rings. The van der Waals surface area contributed by atoms with Crippen LogP contribution in [-0.4, -0.2) is 54.1 Å². The average molecular weight is 745 g/mol. The van der Waals surface area contributed by atoms with Crippen molar-refractivity contribution in [3.63, 3.8) is 0 Å². The van der Waals surface area contributed by atoms with Crippen LogP contribution >= 0.6 is 23.2 Å². The minimum Gasteiger partial charge on any atom is -0.471 e. The lowest BCUT2D eigenvalue weighted by Gasteiger charge is -2.30. The molecule has 0 atom stereocenters. The van der Waals surface area contributed by atoms with Gasteiger partial charge in [0, 0.05) is 24.6 Å². The van der Waals surface area contributed by atoms with Gasteiger partial charge in [-0.25, -0.2) is 13.8 Å². The second-order valence-corrected chi connectivity index (χ2v) is 13.1.